The van der Waals surface area contributed by atoms with Crippen LogP contribution in [0.5, 0.6) is 11.5 Å². The number of carbonyl (C=O) groups excluding carboxylic acids is 1. The molecule has 0 saturated carbocycles. The Morgan fingerprint density at radius 2 is 1.65 bits per heavy atom. The molecule has 0 aliphatic rings. The minimum Gasteiger partial charge on any atom is -0.457 e. The largest absolute Gasteiger partial charge is 0.457 e. The van der Waals surface area contributed by atoms with Crippen molar-refractivity contribution >= 4 is 11.6 Å². The average Bonchev–Trinajstić information content (AvgIpc) is 2.64. The third kappa shape index (κ3) is 4.12. The summed E-state index contributed by atoms with van der Waals surface area (Å²) in [7, 11) is 0. The zero-order chi connectivity index (χ0) is 18.5. The molecule has 0 bridgehead atoms. The fourth-order valence-electron chi connectivity index (χ4n) is 2.88. The Morgan fingerprint density at radius 1 is 0.923 bits per heavy atom. The highest BCUT2D eigenvalue weighted by Crippen LogP contribution is 2.24. The van der Waals surface area contributed by atoms with E-state index in [1.165, 1.54) is 0 Å². The smallest absolute Gasteiger partial charge is 0.255 e. The van der Waals surface area contributed by atoms with E-state index in [9.17, 15) is 4.79 Å². The van der Waals surface area contributed by atoms with Gasteiger partial charge in [0.1, 0.15) is 11.5 Å². The standard InChI is InChI=1S/C23H23NO2/c1-4-18-9-6-8-17(3)22(18)24-23(25)19-11-13-20(14-12-19)26-21-10-5-7-16(2)15-21/h5-15H,4H2,1-3H3,(H,24,25). The molecule has 1 N–H and O–H groups in total. The van der Waals surface area contributed by atoms with E-state index in [-0.39, 0.29) is 5.91 Å². The molecule has 3 nitrogen and oxygen atoms in total. The summed E-state index contributed by atoms with van der Waals surface area (Å²) in [5.41, 5.74) is 4.85. The fourth-order valence-corrected chi connectivity index (χ4v) is 2.88. The molecular formula is C23H23NO2. The van der Waals surface area contributed by atoms with Crippen LogP contribution in [0.2, 0.25) is 0 Å². The Kier molecular flexibility index (Phi) is 5.37. The molecule has 3 heteroatoms. The SMILES string of the molecule is CCc1cccc(C)c1NC(=O)c1ccc(Oc2cccc(C)c2)cc1. The molecule has 0 heterocycles. The number of amides is 1. The minimum absolute atomic E-state index is 0.115. The highest BCUT2D eigenvalue weighted by Gasteiger charge is 2.11. The summed E-state index contributed by atoms with van der Waals surface area (Å²) in [4.78, 5) is 12.6. The van der Waals surface area contributed by atoms with Gasteiger partial charge in [-0.15, -0.1) is 0 Å². The van der Waals surface area contributed by atoms with Gasteiger partial charge in [0.15, 0.2) is 0 Å². The van der Waals surface area contributed by atoms with Gasteiger partial charge < -0.3 is 10.1 Å². The summed E-state index contributed by atoms with van der Waals surface area (Å²) in [5, 5.41) is 3.04. The molecule has 0 aliphatic heterocycles. The maximum Gasteiger partial charge on any atom is 0.255 e. The molecular weight excluding hydrogens is 322 g/mol. The maximum absolute atomic E-state index is 12.6. The van der Waals surface area contributed by atoms with Gasteiger partial charge in [-0.05, 0) is 73.4 Å². The summed E-state index contributed by atoms with van der Waals surface area (Å²) in [6, 6.07) is 21.1. The topological polar surface area (TPSA) is 38.3 Å². The fraction of sp³-hybridized carbons (Fsp3) is 0.174. The zero-order valence-electron chi connectivity index (χ0n) is 15.4. The van der Waals surface area contributed by atoms with Gasteiger partial charge in [0.25, 0.3) is 5.91 Å². The second-order valence-corrected chi connectivity index (χ2v) is 6.36. The van der Waals surface area contributed by atoms with Crippen LogP contribution >= 0.6 is 0 Å². The number of para-hydroxylation sites is 1. The van der Waals surface area contributed by atoms with Crippen molar-refractivity contribution < 1.29 is 9.53 Å². The zero-order valence-corrected chi connectivity index (χ0v) is 15.4. The predicted molar refractivity (Wildman–Crippen MR) is 106 cm³/mol. The van der Waals surface area contributed by atoms with Gasteiger partial charge in [0.2, 0.25) is 0 Å². The van der Waals surface area contributed by atoms with Crippen LogP contribution in [-0.4, -0.2) is 5.91 Å². The highest BCUT2D eigenvalue weighted by molar-refractivity contribution is 6.05. The second-order valence-electron chi connectivity index (χ2n) is 6.36. The van der Waals surface area contributed by atoms with E-state index in [0.717, 1.165) is 34.5 Å². The first kappa shape index (κ1) is 17.7. The number of nitrogens with one attached hydrogen (secondary N) is 1. The molecule has 0 atom stereocenters. The number of hydrogen-bond donors (Lipinski definition) is 1. The van der Waals surface area contributed by atoms with Crippen LogP contribution in [0.3, 0.4) is 0 Å². The molecule has 3 aromatic carbocycles. The van der Waals surface area contributed by atoms with E-state index in [0.29, 0.717) is 11.3 Å². The first-order valence-electron chi connectivity index (χ1n) is 8.81. The molecule has 0 aliphatic carbocycles. The molecule has 0 fully saturated rings. The lowest BCUT2D eigenvalue weighted by Crippen LogP contribution is -2.14. The molecule has 0 saturated heterocycles. The van der Waals surface area contributed by atoms with Crippen LogP contribution in [0.4, 0.5) is 5.69 Å². The van der Waals surface area contributed by atoms with Crippen molar-refractivity contribution in [3.05, 3.63) is 89.0 Å². The van der Waals surface area contributed by atoms with E-state index in [4.69, 9.17) is 4.74 Å². The van der Waals surface area contributed by atoms with Crippen LogP contribution in [0, 0.1) is 13.8 Å². The molecule has 0 unspecified atom stereocenters. The van der Waals surface area contributed by atoms with Gasteiger partial charge in [-0.1, -0.05) is 37.3 Å². The van der Waals surface area contributed by atoms with E-state index in [1.54, 1.807) is 12.1 Å². The lowest BCUT2D eigenvalue weighted by atomic mass is 10.1. The lowest BCUT2D eigenvalue weighted by molar-refractivity contribution is 0.102. The minimum atomic E-state index is -0.115. The van der Waals surface area contributed by atoms with Crippen LogP contribution in [-0.2, 0) is 6.42 Å². The van der Waals surface area contributed by atoms with Crippen LogP contribution in [0.15, 0.2) is 66.7 Å². The van der Waals surface area contributed by atoms with Gasteiger partial charge in [-0.25, -0.2) is 0 Å². The van der Waals surface area contributed by atoms with Gasteiger partial charge >= 0.3 is 0 Å². The molecule has 0 radical (unpaired) electrons. The van der Waals surface area contributed by atoms with Crippen molar-refractivity contribution in [1.82, 2.24) is 0 Å². The van der Waals surface area contributed by atoms with E-state index < -0.39 is 0 Å². The first-order valence-corrected chi connectivity index (χ1v) is 8.81. The summed E-state index contributed by atoms with van der Waals surface area (Å²) in [6.07, 6.45) is 0.876. The van der Waals surface area contributed by atoms with Gasteiger partial charge in [-0.2, -0.15) is 0 Å². The third-order valence-corrected chi connectivity index (χ3v) is 4.32. The monoisotopic (exact) mass is 345 g/mol. The van der Waals surface area contributed by atoms with E-state index >= 15 is 0 Å². The van der Waals surface area contributed by atoms with Crippen LogP contribution in [0.25, 0.3) is 0 Å². The third-order valence-electron chi connectivity index (χ3n) is 4.32. The van der Waals surface area contributed by atoms with E-state index in [2.05, 4.69) is 12.2 Å². The van der Waals surface area contributed by atoms with Crippen molar-refractivity contribution in [3.63, 3.8) is 0 Å². The normalized spacial score (nSPS) is 10.4. The van der Waals surface area contributed by atoms with Crippen LogP contribution in [0.1, 0.15) is 34.0 Å². The Labute approximate surface area is 154 Å². The van der Waals surface area contributed by atoms with Gasteiger partial charge in [-0.3, -0.25) is 4.79 Å². The number of hydrogen-bond acceptors (Lipinski definition) is 2. The quantitative estimate of drug-likeness (QED) is 0.624. The number of carbonyl (C=O) groups is 1. The molecule has 3 aromatic rings. The number of anilines is 1. The molecule has 0 spiro atoms. The average molecular weight is 345 g/mol. The Morgan fingerprint density at radius 3 is 2.35 bits per heavy atom. The molecule has 3 rings (SSSR count). The molecule has 132 valence electrons. The van der Waals surface area contributed by atoms with Gasteiger partial charge in [0.05, 0.1) is 0 Å². The Hall–Kier alpha value is -3.07. The maximum atomic E-state index is 12.6. The van der Waals surface area contributed by atoms with Crippen molar-refractivity contribution in [2.75, 3.05) is 5.32 Å². The van der Waals surface area contributed by atoms with Crippen molar-refractivity contribution in [2.45, 2.75) is 27.2 Å². The summed E-state index contributed by atoms with van der Waals surface area (Å²) >= 11 is 0. The Balaban J connectivity index is 1.73. The lowest BCUT2D eigenvalue weighted by Gasteiger charge is -2.13. The molecule has 26 heavy (non-hydrogen) atoms. The van der Waals surface area contributed by atoms with Crippen molar-refractivity contribution in [2.24, 2.45) is 0 Å². The summed E-state index contributed by atoms with van der Waals surface area (Å²) in [6.45, 7) is 6.12. The molecule has 0 aromatic heterocycles. The van der Waals surface area contributed by atoms with Crippen LogP contribution < -0.4 is 10.1 Å². The van der Waals surface area contributed by atoms with Gasteiger partial charge in [0, 0.05) is 11.3 Å². The van der Waals surface area contributed by atoms with Crippen molar-refractivity contribution in [3.8, 4) is 11.5 Å². The summed E-state index contributed by atoms with van der Waals surface area (Å²) < 4.78 is 5.84. The number of ether oxygens (including phenoxy) is 1. The summed E-state index contributed by atoms with van der Waals surface area (Å²) in [5.74, 6) is 1.38. The van der Waals surface area contributed by atoms with E-state index in [1.807, 2.05) is 68.4 Å². The molecule has 1 amide bonds. The second kappa shape index (κ2) is 7.87. The predicted octanol–water partition coefficient (Wildman–Crippen LogP) is 5.91. The number of aryl methyl sites for hydroxylation is 3. The first-order chi connectivity index (χ1) is 12.6. The van der Waals surface area contributed by atoms with Crippen molar-refractivity contribution in [1.29, 1.82) is 0 Å². The Bertz CT molecular complexity index is 914. The number of benzene rings is 3. The number of rotatable bonds is 5. The highest BCUT2D eigenvalue weighted by atomic mass is 16.5.